The molecule has 0 saturated heterocycles. The maximum absolute atomic E-state index is 4.18. The molecule has 2 aliphatic carbocycles. The molecule has 1 unspecified atom stereocenters. The van der Waals surface area contributed by atoms with Crippen molar-refractivity contribution in [1.29, 1.82) is 0 Å². The topological polar surface area (TPSA) is 8.17 Å². The van der Waals surface area contributed by atoms with Gasteiger partial charge in [-0.15, -0.1) is 0 Å². The fraction of sp³-hybridized carbons (Fsp3) is 0.297. The molecule has 0 fully saturated rings. The summed E-state index contributed by atoms with van der Waals surface area (Å²) in [5.41, 5.74) is 11.2. The first kappa shape index (κ1) is 25.5. The van der Waals surface area contributed by atoms with E-state index in [-0.39, 0.29) is 11.5 Å². The van der Waals surface area contributed by atoms with E-state index in [4.69, 9.17) is 0 Å². The van der Waals surface area contributed by atoms with Crippen LogP contribution in [0.4, 0.5) is 0 Å². The molecule has 1 aromatic heterocycles. The predicted octanol–water partition coefficient (Wildman–Crippen LogP) is 7.14. The van der Waals surface area contributed by atoms with Crippen LogP contribution in [0.2, 0.25) is 0 Å². The summed E-state index contributed by atoms with van der Waals surface area (Å²) in [6.45, 7) is 14.3. The Bertz CT molecular complexity index is 1640. The molecule has 198 valence electrons. The summed E-state index contributed by atoms with van der Waals surface area (Å²) in [5.74, 6) is 0. The van der Waals surface area contributed by atoms with Gasteiger partial charge in [0.05, 0.1) is 6.04 Å². The van der Waals surface area contributed by atoms with Gasteiger partial charge in [0.2, 0.25) is 0 Å². The number of hydrogen-bond acceptors (Lipinski definition) is 1. The quantitative estimate of drug-likeness (QED) is 0.330. The fourth-order valence-corrected chi connectivity index (χ4v) is 6.82. The molecular formula is C37H40N2. The van der Waals surface area contributed by atoms with Crippen molar-refractivity contribution in [1.82, 2.24) is 9.47 Å². The highest BCUT2D eigenvalue weighted by Gasteiger charge is 2.33. The third-order valence-electron chi connectivity index (χ3n) is 8.92. The van der Waals surface area contributed by atoms with Crippen molar-refractivity contribution in [3.63, 3.8) is 0 Å². The van der Waals surface area contributed by atoms with Gasteiger partial charge < -0.3 is 9.47 Å². The number of aryl methyl sites for hydroxylation is 1. The van der Waals surface area contributed by atoms with E-state index < -0.39 is 0 Å². The van der Waals surface area contributed by atoms with Crippen LogP contribution in [-0.4, -0.2) is 15.5 Å². The molecule has 2 heteroatoms. The Morgan fingerprint density at radius 1 is 1.05 bits per heavy atom. The van der Waals surface area contributed by atoms with Crippen LogP contribution in [0.5, 0.6) is 0 Å². The minimum absolute atomic E-state index is 0.148. The van der Waals surface area contributed by atoms with Gasteiger partial charge in [0.15, 0.2) is 0 Å². The third kappa shape index (κ3) is 4.36. The van der Waals surface area contributed by atoms with E-state index >= 15 is 0 Å². The maximum atomic E-state index is 4.18. The minimum Gasteiger partial charge on any atom is -0.357 e. The van der Waals surface area contributed by atoms with Crippen molar-refractivity contribution in [2.75, 3.05) is 0 Å². The van der Waals surface area contributed by atoms with E-state index in [2.05, 4.69) is 129 Å². The molecule has 0 saturated carbocycles. The maximum Gasteiger partial charge on any atom is 0.0720 e. The van der Waals surface area contributed by atoms with Crippen LogP contribution < -0.4 is 10.6 Å². The number of nitrogens with zero attached hydrogens (tertiary/aromatic N) is 2. The molecule has 1 atom stereocenters. The second-order valence-electron chi connectivity index (χ2n) is 11.8. The molecule has 3 aliphatic rings. The number of rotatable bonds is 5. The van der Waals surface area contributed by atoms with Crippen molar-refractivity contribution in [2.45, 2.75) is 71.4 Å². The molecule has 39 heavy (non-hydrogen) atoms. The van der Waals surface area contributed by atoms with Crippen LogP contribution in [0.15, 0.2) is 90.7 Å². The summed E-state index contributed by atoms with van der Waals surface area (Å²) in [7, 11) is 0. The molecule has 6 rings (SSSR count). The average molecular weight is 513 g/mol. The Kier molecular flexibility index (Phi) is 6.59. The van der Waals surface area contributed by atoms with Gasteiger partial charge in [-0.25, -0.2) is 0 Å². The zero-order chi connectivity index (χ0) is 27.1. The molecule has 2 heterocycles. The Morgan fingerprint density at radius 3 is 2.64 bits per heavy atom. The largest absolute Gasteiger partial charge is 0.357 e. The van der Waals surface area contributed by atoms with Crippen molar-refractivity contribution in [2.24, 2.45) is 0 Å². The van der Waals surface area contributed by atoms with Crippen molar-refractivity contribution >= 4 is 18.2 Å². The summed E-state index contributed by atoms with van der Waals surface area (Å²) < 4.78 is 2.42. The van der Waals surface area contributed by atoms with Gasteiger partial charge in [-0.2, -0.15) is 0 Å². The van der Waals surface area contributed by atoms with Crippen LogP contribution in [0.25, 0.3) is 23.9 Å². The lowest BCUT2D eigenvalue weighted by Crippen LogP contribution is -2.45. The van der Waals surface area contributed by atoms with Gasteiger partial charge in [-0.3, -0.25) is 0 Å². The number of hydrogen-bond donors (Lipinski definition) is 0. The Labute approximate surface area is 233 Å². The lowest BCUT2D eigenvalue weighted by Gasteiger charge is -2.44. The molecule has 0 bridgehead atoms. The number of benzene rings is 2. The normalized spacial score (nSPS) is 21.3. The molecule has 2 aromatic carbocycles. The molecule has 0 N–H and O–H groups in total. The zero-order valence-electron chi connectivity index (χ0n) is 23.9. The molecule has 3 aromatic rings. The van der Waals surface area contributed by atoms with E-state index in [1.165, 1.54) is 55.5 Å². The van der Waals surface area contributed by atoms with E-state index in [0.29, 0.717) is 0 Å². The van der Waals surface area contributed by atoms with Gasteiger partial charge in [-0.1, -0.05) is 81.1 Å². The van der Waals surface area contributed by atoms with Gasteiger partial charge in [0.1, 0.15) is 0 Å². The molecule has 2 nitrogen and oxygen atoms in total. The first-order valence-electron chi connectivity index (χ1n) is 14.4. The molecule has 0 radical (unpaired) electrons. The first-order chi connectivity index (χ1) is 18.9. The highest BCUT2D eigenvalue weighted by molar-refractivity contribution is 5.64. The summed E-state index contributed by atoms with van der Waals surface area (Å²) in [5, 5.41) is 2.65. The van der Waals surface area contributed by atoms with Gasteiger partial charge in [-0.05, 0) is 103 Å². The second kappa shape index (κ2) is 10.1. The van der Waals surface area contributed by atoms with Gasteiger partial charge in [0.25, 0.3) is 0 Å². The smallest absolute Gasteiger partial charge is 0.0720 e. The summed E-state index contributed by atoms with van der Waals surface area (Å²) in [6.07, 6.45) is 20.5. The van der Waals surface area contributed by atoms with Crippen LogP contribution in [0, 0.1) is 0 Å². The van der Waals surface area contributed by atoms with E-state index in [9.17, 15) is 0 Å². The highest BCUT2D eigenvalue weighted by atomic mass is 15.2. The van der Waals surface area contributed by atoms with E-state index in [0.717, 1.165) is 32.2 Å². The standard InChI is InChI=1S/C37H40N2/c1-6-33-26(3)36(38(33)25-27-20-21-28-15-10-9-13-22-37(4,5)32(28)23-27)24-31-30-18-14-19-35(30)39(34(31)7-2)29-16-11-8-12-17-29/h6-9,11-14,16-17,19-21,23-24,36H,1,10,15,18,22,25H2,2-5H3/b13-9-,31-24-,34-7+. The first-order valence-corrected chi connectivity index (χ1v) is 14.4. The van der Waals surface area contributed by atoms with Crippen LogP contribution in [0.1, 0.15) is 68.5 Å². The SMILES string of the molecule is C=CC1=C(C)C(/C=c2/c3c(n(-c4ccccc4)/c2=C/C)C=CC3)N1Cc1ccc2c(c1)C(C)(C)C/C=C\CC2. The van der Waals surface area contributed by atoms with E-state index in [1.807, 2.05) is 6.08 Å². The van der Waals surface area contributed by atoms with Crippen LogP contribution >= 0.6 is 0 Å². The molecule has 1 aliphatic heterocycles. The number of allylic oxidation sites excluding steroid dienone is 4. The molecular weight excluding hydrogens is 472 g/mol. The number of para-hydroxylation sites is 1. The predicted molar refractivity (Wildman–Crippen MR) is 166 cm³/mol. The Balaban J connectivity index is 1.41. The van der Waals surface area contributed by atoms with Gasteiger partial charge >= 0.3 is 0 Å². The lowest BCUT2D eigenvalue weighted by molar-refractivity contribution is 0.275. The average Bonchev–Trinajstić information content (AvgIpc) is 3.52. The van der Waals surface area contributed by atoms with Crippen molar-refractivity contribution < 1.29 is 0 Å². The zero-order valence-corrected chi connectivity index (χ0v) is 23.9. The number of fused-ring (bicyclic) bond motifs is 2. The monoisotopic (exact) mass is 512 g/mol. The van der Waals surface area contributed by atoms with Crippen LogP contribution in [0.3, 0.4) is 0 Å². The Hall–Kier alpha value is -3.78. The van der Waals surface area contributed by atoms with Crippen molar-refractivity contribution in [3.05, 3.63) is 129 Å². The summed E-state index contributed by atoms with van der Waals surface area (Å²) in [4.78, 5) is 2.54. The summed E-state index contributed by atoms with van der Waals surface area (Å²) in [6, 6.07) is 18.2. The molecule has 0 spiro atoms. The highest BCUT2D eigenvalue weighted by Crippen LogP contribution is 2.37. The third-order valence-corrected chi connectivity index (χ3v) is 8.92. The number of aromatic nitrogens is 1. The summed E-state index contributed by atoms with van der Waals surface area (Å²) >= 11 is 0. The lowest BCUT2D eigenvalue weighted by atomic mass is 9.76. The van der Waals surface area contributed by atoms with Gasteiger partial charge in [0, 0.05) is 34.2 Å². The van der Waals surface area contributed by atoms with Crippen molar-refractivity contribution in [3.8, 4) is 5.69 Å². The fourth-order valence-electron chi connectivity index (χ4n) is 6.82. The van der Waals surface area contributed by atoms with Crippen LogP contribution in [-0.2, 0) is 24.8 Å². The minimum atomic E-state index is 0.148. The van der Waals surface area contributed by atoms with E-state index in [1.54, 1.807) is 0 Å². The Morgan fingerprint density at radius 2 is 1.87 bits per heavy atom. The second-order valence-corrected chi connectivity index (χ2v) is 11.8. The molecule has 0 amide bonds.